The van der Waals surface area contributed by atoms with Gasteiger partial charge in [0.1, 0.15) is 5.69 Å². The first-order valence-electron chi connectivity index (χ1n) is 6.78. The normalized spacial score (nSPS) is 14.9. The molecule has 0 N–H and O–H groups in total. The Labute approximate surface area is 113 Å². The fourth-order valence-electron chi connectivity index (χ4n) is 2.71. The zero-order valence-corrected chi connectivity index (χ0v) is 11.2. The van der Waals surface area contributed by atoms with Crippen molar-refractivity contribution in [2.24, 2.45) is 7.05 Å². The average Bonchev–Trinajstić information content (AvgIpc) is 3.08. The van der Waals surface area contributed by atoms with E-state index in [2.05, 4.69) is 12.1 Å². The van der Waals surface area contributed by atoms with Crippen LogP contribution in [0.5, 0.6) is 0 Å². The van der Waals surface area contributed by atoms with Crippen molar-refractivity contribution in [3.8, 4) is 11.3 Å². The van der Waals surface area contributed by atoms with Crippen LogP contribution in [0.25, 0.3) is 11.3 Å². The Hall–Kier alpha value is -2.03. The van der Waals surface area contributed by atoms with Crippen LogP contribution in [0, 0.1) is 0 Å². The van der Waals surface area contributed by atoms with E-state index >= 15 is 0 Å². The van der Waals surface area contributed by atoms with Crippen LogP contribution in [0.15, 0.2) is 42.5 Å². The number of nitrogens with zero attached hydrogens (tertiary/aromatic N) is 2. The predicted octanol–water partition coefficient (Wildman–Crippen LogP) is 2.93. The zero-order chi connectivity index (χ0) is 13.2. The van der Waals surface area contributed by atoms with Gasteiger partial charge in [-0.3, -0.25) is 4.79 Å². The second-order valence-electron chi connectivity index (χ2n) is 5.03. The molecule has 1 aromatic heterocycles. The van der Waals surface area contributed by atoms with Crippen molar-refractivity contribution in [3.05, 3.63) is 48.2 Å². The first-order chi connectivity index (χ1) is 9.27. The van der Waals surface area contributed by atoms with Crippen LogP contribution in [0.1, 0.15) is 23.3 Å². The molecule has 1 aliphatic rings. The summed E-state index contributed by atoms with van der Waals surface area (Å²) >= 11 is 0. The second kappa shape index (κ2) is 4.92. The van der Waals surface area contributed by atoms with Crippen molar-refractivity contribution >= 4 is 5.91 Å². The number of benzene rings is 1. The number of hydrogen-bond donors (Lipinski definition) is 0. The smallest absolute Gasteiger partial charge is 0.270 e. The molecule has 0 bridgehead atoms. The van der Waals surface area contributed by atoms with Crippen LogP contribution in [0.2, 0.25) is 0 Å². The molecule has 0 aliphatic carbocycles. The molecule has 3 rings (SSSR count). The summed E-state index contributed by atoms with van der Waals surface area (Å²) in [6.45, 7) is 1.79. The van der Waals surface area contributed by atoms with E-state index in [-0.39, 0.29) is 5.91 Å². The van der Waals surface area contributed by atoms with Gasteiger partial charge in [-0.15, -0.1) is 0 Å². The standard InChI is InChI=1S/C16H18N2O/c1-17-14(13-7-3-2-4-8-13)9-10-15(17)16(19)18-11-5-6-12-18/h2-4,7-10H,5-6,11-12H2,1H3. The minimum atomic E-state index is 0.155. The molecule has 1 fully saturated rings. The number of aromatic nitrogens is 1. The van der Waals surface area contributed by atoms with E-state index in [1.807, 2.05) is 46.8 Å². The minimum Gasteiger partial charge on any atom is -0.340 e. The van der Waals surface area contributed by atoms with Gasteiger partial charge in [0.2, 0.25) is 0 Å². The topological polar surface area (TPSA) is 25.2 Å². The molecule has 3 nitrogen and oxygen atoms in total. The monoisotopic (exact) mass is 254 g/mol. The van der Waals surface area contributed by atoms with E-state index in [1.165, 1.54) is 0 Å². The van der Waals surface area contributed by atoms with Gasteiger partial charge in [0.05, 0.1) is 0 Å². The Morgan fingerprint density at radius 1 is 1.00 bits per heavy atom. The number of hydrogen-bond acceptors (Lipinski definition) is 1. The van der Waals surface area contributed by atoms with E-state index in [0.29, 0.717) is 0 Å². The van der Waals surface area contributed by atoms with Gasteiger partial charge >= 0.3 is 0 Å². The maximum absolute atomic E-state index is 12.4. The summed E-state index contributed by atoms with van der Waals surface area (Å²) in [5.74, 6) is 0.155. The van der Waals surface area contributed by atoms with Crippen LogP contribution in [-0.4, -0.2) is 28.5 Å². The summed E-state index contributed by atoms with van der Waals surface area (Å²) in [5, 5.41) is 0. The van der Waals surface area contributed by atoms with Gasteiger partial charge in [0.25, 0.3) is 5.91 Å². The average molecular weight is 254 g/mol. The fraction of sp³-hybridized carbons (Fsp3) is 0.312. The molecule has 2 heterocycles. The molecule has 0 saturated carbocycles. The highest BCUT2D eigenvalue weighted by atomic mass is 16.2. The third-order valence-electron chi connectivity index (χ3n) is 3.80. The summed E-state index contributed by atoms with van der Waals surface area (Å²) in [7, 11) is 1.96. The highest BCUT2D eigenvalue weighted by Gasteiger charge is 2.22. The first kappa shape index (κ1) is 12.0. The SMILES string of the molecule is Cn1c(C(=O)N2CCCC2)ccc1-c1ccccc1. The first-order valence-corrected chi connectivity index (χ1v) is 6.78. The van der Waals surface area contributed by atoms with Gasteiger partial charge in [0, 0.05) is 25.8 Å². The third kappa shape index (κ3) is 2.16. The quantitative estimate of drug-likeness (QED) is 0.809. The molecular weight excluding hydrogens is 236 g/mol. The Bertz CT molecular complexity index is 580. The van der Waals surface area contributed by atoms with Crippen LogP contribution >= 0.6 is 0 Å². The Morgan fingerprint density at radius 3 is 2.37 bits per heavy atom. The Kier molecular flexibility index (Phi) is 3.11. The Morgan fingerprint density at radius 2 is 1.68 bits per heavy atom. The molecular formula is C16H18N2O. The van der Waals surface area contributed by atoms with Crippen molar-refractivity contribution in [2.75, 3.05) is 13.1 Å². The molecule has 1 aliphatic heterocycles. The molecule has 19 heavy (non-hydrogen) atoms. The maximum Gasteiger partial charge on any atom is 0.270 e. The molecule has 0 radical (unpaired) electrons. The summed E-state index contributed by atoms with van der Waals surface area (Å²) < 4.78 is 2.00. The second-order valence-corrected chi connectivity index (χ2v) is 5.03. The van der Waals surface area contributed by atoms with Gasteiger partial charge in [0.15, 0.2) is 0 Å². The van der Waals surface area contributed by atoms with Crippen LogP contribution in [0.3, 0.4) is 0 Å². The summed E-state index contributed by atoms with van der Waals surface area (Å²) in [6.07, 6.45) is 2.25. The van der Waals surface area contributed by atoms with E-state index in [4.69, 9.17) is 0 Å². The third-order valence-corrected chi connectivity index (χ3v) is 3.80. The van der Waals surface area contributed by atoms with Crippen molar-refractivity contribution in [1.29, 1.82) is 0 Å². The lowest BCUT2D eigenvalue weighted by Crippen LogP contribution is -2.29. The molecule has 2 aromatic rings. The van der Waals surface area contributed by atoms with Gasteiger partial charge in [-0.1, -0.05) is 30.3 Å². The molecule has 1 aromatic carbocycles. The highest BCUT2D eigenvalue weighted by molar-refractivity contribution is 5.94. The van der Waals surface area contributed by atoms with Crippen LogP contribution < -0.4 is 0 Å². The number of carbonyl (C=O) groups excluding carboxylic acids is 1. The van der Waals surface area contributed by atoms with Crippen molar-refractivity contribution in [1.82, 2.24) is 9.47 Å². The summed E-state index contributed by atoms with van der Waals surface area (Å²) in [6, 6.07) is 14.1. The molecule has 3 heteroatoms. The van der Waals surface area contributed by atoms with E-state index in [0.717, 1.165) is 42.9 Å². The van der Waals surface area contributed by atoms with Crippen LogP contribution in [-0.2, 0) is 7.05 Å². The number of likely N-dealkylation sites (tertiary alicyclic amines) is 1. The summed E-state index contributed by atoms with van der Waals surface area (Å²) in [5.41, 5.74) is 3.01. The molecule has 0 atom stereocenters. The van der Waals surface area contributed by atoms with Crippen LogP contribution in [0.4, 0.5) is 0 Å². The largest absolute Gasteiger partial charge is 0.340 e. The molecule has 1 amide bonds. The number of carbonyl (C=O) groups is 1. The van der Waals surface area contributed by atoms with Crippen molar-refractivity contribution in [2.45, 2.75) is 12.8 Å². The van der Waals surface area contributed by atoms with E-state index < -0.39 is 0 Å². The highest BCUT2D eigenvalue weighted by Crippen LogP contribution is 2.22. The Balaban J connectivity index is 1.93. The van der Waals surface area contributed by atoms with Gasteiger partial charge < -0.3 is 9.47 Å². The number of rotatable bonds is 2. The predicted molar refractivity (Wildman–Crippen MR) is 76.0 cm³/mol. The molecule has 98 valence electrons. The number of amides is 1. The molecule has 0 spiro atoms. The minimum absolute atomic E-state index is 0.155. The van der Waals surface area contributed by atoms with Crippen molar-refractivity contribution < 1.29 is 4.79 Å². The van der Waals surface area contributed by atoms with Gasteiger partial charge in [-0.05, 0) is 30.5 Å². The summed E-state index contributed by atoms with van der Waals surface area (Å²) in [4.78, 5) is 14.4. The van der Waals surface area contributed by atoms with Gasteiger partial charge in [-0.2, -0.15) is 0 Å². The maximum atomic E-state index is 12.4. The molecule has 1 saturated heterocycles. The van der Waals surface area contributed by atoms with E-state index in [1.54, 1.807) is 0 Å². The molecule has 0 unspecified atom stereocenters. The van der Waals surface area contributed by atoms with Gasteiger partial charge in [-0.25, -0.2) is 0 Å². The lowest BCUT2D eigenvalue weighted by molar-refractivity contribution is 0.0783. The van der Waals surface area contributed by atoms with E-state index in [9.17, 15) is 4.79 Å². The lowest BCUT2D eigenvalue weighted by Gasteiger charge is -2.16. The van der Waals surface area contributed by atoms with Crippen molar-refractivity contribution in [3.63, 3.8) is 0 Å². The lowest BCUT2D eigenvalue weighted by atomic mass is 10.2. The fourth-order valence-corrected chi connectivity index (χ4v) is 2.71. The zero-order valence-electron chi connectivity index (χ0n) is 11.2.